The van der Waals surface area contributed by atoms with Gasteiger partial charge in [0.15, 0.2) is 0 Å². The number of rotatable bonds is 6. The van der Waals surface area contributed by atoms with Crippen LogP contribution < -0.4 is 5.32 Å². The van der Waals surface area contributed by atoms with Crippen LogP contribution in [0, 0.1) is 10.1 Å². The van der Waals surface area contributed by atoms with Crippen LogP contribution in [0.1, 0.15) is 26.4 Å². The molecule has 0 radical (unpaired) electrons. The molecule has 11 heteroatoms. The van der Waals surface area contributed by atoms with Crippen LogP contribution >= 0.6 is 0 Å². The Bertz CT molecular complexity index is 1010. The molecule has 1 amide bonds. The number of aromatic amines is 1. The first-order valence-electron chi connectivity index (χ1n) is 7.67. The van der Waals surface area contributed by atoms with Gasteiger partial charge >= 0.3 is 11.7 Å². The van der Waals surface area contributed by atoms with E-state index in [0.717, 1.165) is 6.20 Å². The van der Waals surface area contributed by atoms with Gasteiger partial charge in [0.25, 0.3) is 5.91 Å². The lowest BCUT2D eigenvalue weighted by Crippen LogP contribution is -2.14. The summed E-state index contributed by atoms with van der Waals surface area (Å²) in [5.41, 5.74) is 0.749. The number of ether oxygens (including phenoxy) is 1. The number of nitrogens with one attached hydrogen (secondary N) is 2. The van der Waals surface area contributed by atoms with Gasteiger partial charge < -0.3 is 10.1 Å². The maximum atomic E-state index is 12.2. The van der Waals surface area contributed by atoms with Crippen molar-refractivity contribution >= 4 is 23.3 Å². The van der Waals surface area contributed by atoms with Crippen LogP contribution in [0.4, 0.5) is 11.4 Å². The Morgan fingerprint density at radius 1 is 1.33 bits per heavy atom. The normalized spacial score (nSPS) is 10.4. The van der Waals surface area contributed by atoms with Crippen molar-refractivity contribution in [1.82, 2.24) is 20.0 Å². The Hall–Kier alpha value is -4.02. The number of amides is 1. The van der Waals surface area contributed by atoms with Gasteiger partial charge in [-0.05, 0) is 11.6 Å². The highest BCUT2D eigenvalue weighted by atomic mass is 16.6. The number of nitrogens with zero attached hydrogens (tertiary/aromatic N) is 4. The van der Waals surface area contributed by atoms with Gasteiger partial charge in [-0.1, -0.05) is 18.2 Å². The minimum Gasteiger partial charge on any atom is -0.465 e. The Morgan fingerprint density at radius 3 is 2.85 bits per heavy atom. The molecule has 0 spiro atoms. The molecular formula is C16H14N6O5. The van der Waals surface area contributed by atoms with Gasteiger partial charge in [-0.2, -0.15) is 10.2 Å². The van der Waals surface area contributed by atoms with Gasteiger partial charge in [-0.15, -0.1) is 0 Å². The number of hydrogen-bond acceptors (Lipinski definition) is 7. The number of anilines is 1. The van der Waals surface area contributed by atoms with Gasteiger partial charge in [0.1, 0.15) is 6.20 Å². The second-order valence-electron chi connectivity index (χ2n) is 5.42. The van der Waals surface area contributed by atoms with E-state index < -0.39 is 22.5 Å². The summed E-state index contributed by atoms with van der Waals surface area (Å²) in [5, 5.41) is 23.3. The highest BCUT2D eigenvalue weighted by Gasteiger charge is 2.23. The summed E-state index contributed by atoms with van der Waals surface area (Å²) in [7, 11) is 1.30. The SMILES string of the molecule is COC(=O)c1ccccc1Cn1cc(NC(=O)c2[nH]ncc2[N+](=O)[O-])cn1. The van der Waals surface area contributed by atoms with Gasteiger partial charge in [0.2, 0.25) is 5.69 Å². The van der Waals surface area contributed by atoms with E-state index in [-0.39, 0.29) is 12.2 Å². The van der Waals surface area contributed by atoms with E-state index in [9.17, 15) is 19.7 Å². The predicted octanol–water partition coefficient (Wildman–Crippen LogP) is 1.60. The summed E-state index contributed by atoms with van der Waals surface area (Å²) in [6, 6.07) is 6.91. The molecule has 2 heterocycles. The van der Waals surface area contributed by atoms with E-state index in [1.807, 2.05) is 0 Å². The lowest BCUT2D eigenvalue weighted by atomic mass is 10.1. The fraction of sp³-hybridized carbons (Fsp3) is 0.125. The molecule has 0 saturated heterocycles. The Kier molecular flexibility index (Phi) is 4.92. The second kappa shape index (κ2) is 7.47. The summed E-state index contributed by atoms with van der Waals surface area (Å²) in [4.78, 5) is 34.2. The molecule has 0 bridgehead atoms. The van der Waals surface area contributed by atoms with E-state index in [1.165, 1.54) is 24.2 Å². The topological polar surface area (TPSA) is 145 Å². The first-order chi connectivity index (χ1) is 13.0. The third-order valence-corrected chi connectivity index (χ3v) is 3.69. The van der Waals surface area contributed by atoms with Crippen LogP contribution in [0.25, 0.3) is 0 Å². The molecule has 138 valence electrons. The summed E-state index contributed by atoms with van der Waals surface area (Å²) in [6.07, 6.45) is 3.89. The van der Waals surface area contributed by atoms with Crippen LogP contribution in [0.15, 0.2) is 42.9 Å². The van der Waals surface area contributed by atoms with E-state index in [0.29, 0.717) is 16.8 Å². The lowest BCUT2D eigenvalue weighted by Gasteiger charge is -2.07. The number of carbonyl (C=O) groups excluding carboxylic acids is 2. The number of methoxy groups -OCH3 is 1. The van der Waals surface area contributed by atoms with Crippen molar-refractivity contribution in [3.63, 3.8) is 0 Å². The summed E-state index contributed by atoms with van der Waals surface area (Å²) >= 11 is 0. The molecule has 0 saturated carbocycles. The maximum absolute atomic E-state index is 12.2. The highest BCUT2D eigenvalue weighted by Crippen LogP contribution is 2.17. The average Bonchev–Trinajstić information content (AvgIpc) is 3.31. The monoisotopic (exact) mass is 370 g/mol. The van der Waals surface area contributed by atoms with E-state index in [1.54, 1.807) is 24.3 Å². The van der Waals surface area contributed by atoms with Gasteiger partial charge in [0, 0.05) is 6.20 Å². The standard InChI is InChI=1S/C16H14N6O5/c1-27-16(24)12-5-3-2-4-10(12)8-21-9-11(6-18-21)19-15(23)14-13(22(25)26)7-17-20-14/h2-7,9H,8H2,1H3,(H,17,20)(H,19,23). The zero-order chi connectivity index (χ0) is 19.4. The lowest BCUT2D eigenvalue weighted by molar-refractivity contribution is -0.385. The Labute approximate surface area is 152 Å². The third kappa shape index (κ3) is 3.81. The first-order valence-corrected chi connectivity index (χ1v) is 7.67. The van der Waals surface area contributed by atoms with E-state index >= 15 is 0 Å². The first kappa shape index (κ1) is 17.8. The highest BCUT2D eigenvalue weighted by molar-refractivity contribution is 6.05. The molecule has 0 aliphatic rings. The average molecular weight is 370 g/mol. The number of esters is 1. The van der Waals surface area contributed by atoms with Crippen molar-refractivity contribution in [2.24, 2.45) is 0 Å². The number of H-pyrrole nitrogens is 1. The largest absolute Gasteiger partial charge is 0.465 e. The Morgan fingerprint density at radius 2 is 2.11 bits per heavy atom. The van der Waals surface area contributed by atoms with Crippen molar-refractivity contribution in [3.05, 3.63) is 69.8 Å². The summed E-state index contributed by atoms with van der Waals surface area (Å²) < 4.78 is 6.27. The number of hydrogen-bond donors (Lipinski definition) is 2. The molecule has 0 aliphatic carbocycles. The second-order valence-corrected chi connectivity index (χ2v) is 5.42. The molecule has 3 aromatic rings. The molecule has 0 unspecified atom stereocenters. The van der Waals surface area contributed by atoms with Crippen molar-refractivity contribution in [1.29, 1.82) is 0 Å². The fourth-order valence-corrected chi connectivity index (χ4v) is 2.44. The molecule has 2 N–H and O–H groups in total. The Balaban J connectivity index is 1.74. The molecule has 0 fully saturated rings. The molecule has 27 heavy (non-hydrogen) atoms. The predicted molar refractivity (Wildman–Crippen MR) is 92.3 cm³/mol. The van der Waals surface area contributed by atoms with E-state index in [2.05, 4.69) is 20.6 Å². The van der Waals surface area contributed by atoms with Crippen LogP contribution in [-0.4, -0.2) is 43.9 Å². The smallest absolute Gasteiger partial charge is 0.338 e. The van der Waals surface area contributed by atoms with Crippen molar-refractivity contribution in [2.75, 3.05) is 12.4 Å². The maximum Gasteiger partial charge on any atom is 0.338 e. The molecule has 0 aliphatic heterocycles. The minimum absolute atomic E-state index is 0.260. The minimum atomic E-state index is -0.714. The zero-order valence-corrected chi connectivity index (χ0v) is 14.1. The third-order valence-electron chi connectivity index (χ3n) is 3.69. The molecule has 0 atom stereocenters. The van der Waals surface area contributed by atoms with Crippen molar-refractivity contribution in [2.45, 2.75) is 6.54 Å². The van der Waals surface area contributed by atoms with Crippen LogP contribution in [-0.2, 0) is 11.3 Å². The van der Waals surface area contributed by atoms with Gasteiger partial charge in [-0.3, -0.25) is 24.7 Å². The molecular weight excluding hydrogens is 356 g/mol. The van der Waals surface area contributed by atoms with Crippen LogP contribution in [0.3, 0.4) is 0 Å². The summed E-state index contributed by atoms with van der Waals surface area (Å²) in [6.45, 7) is 0.269. The number of carbonyl (C=O) groups is 2. The van der Waals surface area contributed by atoms with E-state index in [4.69, 9.17) is 4.74 Å². The number of aromatic nitrogens is 4. The molecule has 1 aromatic carbocycles. The fourth-order valence-electron chi connectivity index (χ4n) is 2.44. The zero-order valence-electron chi connectivity index (χ0n) is 14.1. The molecule has 2 aromatic heterocycles. The van der Waals surface area contributed by atoms with Gasteiger partial charge in [0.05, 0.1) is 36.0 Å². The van der Waals surface area contributed by atoms with Gasteiger partial charge in [-0.25, -0.2) is 4.79 Å². The molecule has 3 rings (SSSR count). The van der Waals surface area contributed by atoms with Crippen molar-refractivity contribution in [3.8, 4) is 0 Å². The number of benzene rings is 1. The molecule has 11 nitrogen and oxygen atoms in total. The quantitative estimate of drug-likeness (QED) is 0.381. The van der Waals surface area contributed by atoms with Crippen LogP contribution in [0.5, 0.6) is 0 Å². The van der Waals surface area contributed by atoms with Crippen LogP contribution in [0.2, 0.25) is 0 Å². The van der Waals surface area contributed by atoms with Crippen molar-refractivity contribution < 1.29 is 19.2 Å². The summed E-state index contributed by atoms with van der Waals surface area (Å²) in [5.74, 6) is -1.17. The number of nitro groups is 1.